The normalized spacial score (nSPS) is 11.8. The summed E-state index contributed by atoms with van der Waals surface area (Å²) in [5, 5.41) is 11.9. The van der Waals surface area contributed by atoms with Crippen molar-refractivity contribution in [2.45, 2.75) is 39.7 Å². The van der Waals surface area contributed by atoms with E-state index < -0.39 is 0 Å². The van der Waals surface area contributed by atoms with Gasteiger partial charge >= 0.3 is 0 Å². The van der Waals surface area contributed by atoms with Crippen molar-refractivity contribution in [3.8, 4) is 0 Å². The Morgan fingerprint density at radius 1 is 1.19 bits per heavy atom. The maximum atomic E-state index is 8.72. The highest BCUT2D eigenvalue weighted by Gasteiger charge is 2.14. The minimum Gasteiger partial charge on any atom is -0.395 e. The van der Waals surface area contributed by atoms with Crippen LogP contribution >= 0.6 is 0 Å². The van der Waals surface area contributed by atoms with Gasteiger partial charge < -0.3 is 10.4 Å². The number of aliphatic hydroxyl groups is 1. The molecule has 0 radical (unpaired) electrons. The Morgan fingerprint density at radius 3 is 2.44 bits per heavy atom. The van der Waals surface area contributed by atoms with Gasteiger partial charge in [-0.1, -0.05) is 44.5 Å². The van der Waals surface area contributed by atoms with Crippen LogP contribution in [0.2, 0.25) is 0 Å². The second-order valence-corrected chi connectivity index (χ2v) is 5.36. The van der Waals surface area contributed by atoms with Crippen LogP contribution in [0.1, 0.15) is 37.5 Å². The van der Waals surface area contributed by atoms with Crippen LogP contribution in [0.25, 0.3) is 0 Å². The van der Waals surface area contributed by atoms with Gasteiger partial charge in [-0.2, -0.15) is 0 Å². The quantitative estimate of drug-likeness (QED) is 0.765. The third kappa shape index (κ3) is 3.95. The third-order valence-electron chi connectivity index (χ3n) is 2.62. The van der Waals surface area contributed by atoms with Crippen LogP contribution in [-0.2, 0) is 12.0 Å². The number of aliphatic hydroxyl groups excluding tert-OH is 1. The second-order valence-electron chi connectivity index (χ2n) is 5.36. The SMILES string of the molecule is Cc1cc(CNCCO)cc(C(C)(C)C)c1. The van der Waals surface area contributed by atoms with Crippen LogP contribution in [-0.4, -0.2) is 18.3 Å². The second kappa shape index (κ2) is 5.46. The molecule has 0 heterocycles. The highest BCUT2D eigenvalue weighted by Crippen LogP contribution is 2.24. The first-order valence-corrected chi connectivity index (χ1v) is 5.86. The summed E-state index contributed by atoms with van der Waals surface area (Å²) in [5.74, 6) is 0. The van der Waals surface area contributed by atoms with E-state index in [2.05, 4.69) is 51.2 Å². The molecule has 16 heavy (non-hydrogen) atoms. The number of benzene rings is 1. The predicted octanol–water partition coefficient (Wildman–Crippen LogP) is 2.37. The molecule has 2 heteroatoms. The fourth-order valence-electron chi connectivity index (χ4n) is 1.71. The van der Waals surface area contributed by atoms with Gasteiger partial charge in [-0.3, -0.25) is 0 Å². The van der Waals surface area contributed by atoms with Gasteiger partial charge in [0.15, 0.2) is 0 Å². The molecule has 2 nitrogen and oxygen atoms in total. The summed E-state index contributed by atoms with van der Waals surface area (Å²) in [6, 6.07) is 6.69. The molecule has 0 aliphatic rings. The number of aryl methyl sites for hydroxylation is 1. The zero-order chi connectivity index (χ0) is 12.2. The highest BCUT2D eigenvalue weighted by atomic mass is 16.3. The average Bonchev–Trinajstić information content (AvgIpc) is 2.16. The van der Waals surface area contributed by atoms with Crippen LogP contribution < -0.4 is 5.32 Å². The first-order valence-electron chi connectivity index (χ1n) is 5.86. The number of hydrogen-bond donors (Lipinski definition) is 2. The fraction of sp³-hybridized carbons (Fsp3) is 0.571. The lowest BCUT2D eigenvalue weighted by Gasteiger charge is -2.21. The fourth-order valence-corrected chi connectivity index (χ4v) is 1.71. The van der Waals surface area contributed by atoms with Crippen molar-refractivity contribution in [2.24, 2.45) is 0 Å². The monoisotopic (exact) mass is 221 g/mol. The number of hydrogen-bond acceptors (Lipinski definition) is 2. The van der Waals surface area contributed by atoms with E-state index in [-0.39, 0.29) is 12.0 Å². The molecule has 0 aliphatic heterocycles. The van der Waals surface area contributed by atoms with E-state index in [1.807, 2.05) is 0 Å². The minimum atomic E-state index is 0.192. The molecule has 0 bridgehead atoms. The van der Waals surface area contributed by atoms with E-state index in [0.717, 1.165) is 6.54 Å². The minimum absolute atomic E-state index is 0.192. The number of rotatable bonds is 4. The summed E-state index contributed by atoms with van der Waals surface area (Å²) in [6.07, 6.45) is 0. The van der Waals surface area contributed by atoms with Crippen molar-refractivity contribution in [2.75, 3.05) is 13.2 Å². The van der Waals surface area contributed by atoms with Crippen molar-refractivity contribution >= 4 is 0 Å². The standard InChI is InChI=1S/C14H23NO/c1-11-7-12(10-15-5-6-16)9-13(8-11)14(2,3)4/h7-9,15-16H,5-6,10H2,1-4H3. The maximum Gasteiger partial charge on any atom is 0.0556 e. The zero-order valence-corrected chi connectivity index (χ0v) is 10.8. The Balaban J connectivity index is 2.82. The molecule has 0 saturated heterocycles. The van der Waals surface area contributed by atoms with Gasteiger partial charge in [0.05, 0.1) is 6.61 Å². The Morgan fingerprint density at radius 2 is 1.88 bits per heavy atom. The molecule has 90 valence electrons. The molecular weight excluding hydrogens is 198 g/mol. The van der Waals surface area contributed by atoms with Gasteiger partial charge in [0.1, 0.15) is 0 Å². The van der Waals surface area contributed by atoms with Crippen LogP contribution in [0.15, 0.2) is 18.2 Å². The summed E-state index contributed by atoms with van der Waals surface area (Å²) in [7, 11) is 0. The molecule has 0 spiro atoms. The topological polar surface area (TPSA) is 32.3 Å². The summed E-state index contributed by atoms with van der Waals surface area (Å²) < 4.78 is 0. The molecule has 0 amide bonds. The van der Waals surface area contributed by atoms with Gasteiger partial charge in [-0.15, -0.1) is 0 Å². The van der Waals surface area contributed by atoms with Gasteiger partial charge in [-0.05, 0) is 23.5 Å². The van der Waals surface area contributed by atoms with E-state index in [0.29, 0.717) is 6.54 Å². The molecule has 0 atom stereocenters. The lowest BCUT2D eigenvalue weighted by molar-refractivity contribution is 0.292. The van der Waals surface area contributed by atoms with E-state index >= 15 is 0 Å². The lowest BCUT2D eigenvalue weighted by Crippen LogP contribution is -2.18. The van der Waals surface area contributed by atoms with Gasteiger partial charge in [0, 0.05) is 13.1 Å². The molecule has 1 rings (SSSR count). The van der Waals surface area contributed by atoms with Crippen molar-refractivity contribution in [1.29, 1.82) is 0 Å². The van der Waals surface area contributed by atoms with E-state index in [1.54, 1.807) is 0 Å². The number of nitrogens with one attached hydrogen (secondary N) is 1. The first kappa shape index (κ1) is 13.2. The predicted molar refractivity (Wildman–Crippen MR) is 68.7 cm³/mol. The van der Waals surface area contributed by atoms with Crippen molar-refractivity contribution < 1.29 is 5.11 Å². The third-order valence-corrected chi connectivity index (χ3v) is 2.62. The maximum absolute atomic E-state index is 8.72. The van der Waals surface area contributed by atoms with Crippen molar-refractivity contribution in [1.82, 2.24) is 5.32 Å². The van der Waals surface area contributed by atoms with E-state index in [4.69, 9.17) is 5.11 Å². The zero-order valence-electron chi connectivity index (χ0n) is 10.8. The van der Waals surface area contributed by atoms with Crippen molar-refractivity contribution in [3.05, 3.63) is 34.9 Å². The molecule has 0 fully saturated rings. The Kier molecular flexibility index (Phi) is 4.51. The lowest BCUT2D eigenvalue weighted by atomic mass is 9.85. The highest BCUT2D eigenvalue weighted by molar-refractivity contribution is 5.33. The van der Waals surface area contributed by atoms with Crippen LogP contribution in [0.5, 0.6) is 0 Å². The smallest absolute Gasteiger partial charge is 0.0556 e. The molecule has 1 aromatic carbocycles. The van der Waals surface area contributed by atoms with Crippen LogP contribution in [0.4, 0.5) is 0 Å². The van der Waals surface area contributed by atoms with Crippen LogP contribution in [0.3, 0.4) is 0 Å². The van der Waals surface area contributed by atoms with Gasteiger partial charge in [0.2, 0.25) is 0 Å². The van der Waals surface area contributed by atoms with E-state index in [1.165, 1.54) is 16.7 Å². The summed E-state index contributed by atoms with van der Waals surface area (Å²) in [4.78, 5) is 0. The Labute approximate surface area is 98.7 Å². The van der Waals surface area contributed by atoms with Crippen molar-refractivity contribution in [3.63, 3.8) is 0 Å². The molecule has 2 N–H and O–H groups in total. The van der Waals surface area contributed by atoms with Gasteiger partial charge in [-0.25, -0.2) is 0 Å². The first-order chi connectivity index (χ1) is 7.43. The van der Waals surface area contributed by atoms with Crippen LogP contribution in [0, 0.1) is 6.92 Å². The summed E-state index contributed by atoms with van der Waals surface area (Å²) >= 11 is 0. The molecule has 1 aromatic rings. The van der Waals surface area contributed by atoms with E-state index in [9.17, 15) is 0 Å². The Hall–Kier alpha value is -0.860. The molecule has 0 aliphatic carbocycles. The summed E-state index contributed by atoms with van der Waals surface area (Å²) in [5.41, 5.74) is 4.15. The Bertz CT molecular complexity index is 339. The average molecular weight is 221 g/mol. The van der Waals surface area contributed by atoms with Gasteiger partial charge in [0.25, 0.3) is 0 Å². The summed E-state index contributed by atoms with van der Waals surface area (Å²) in [6.45, 7) is 10.5. The molecule has 0 saturated carbocycles. The molecule has 0 aromatic heterocycles. The molecule has 0 unspecified atom stereocenters. The molecular formula is C14H23NO. The largest absolute Gasteiger partial charge is 0.395 e.